The number of halogens is 4. The monoisotopic (exact) mass is 424 g/mol. The van der Waals surface area contributed by atoms with Gasteiger partial charge in [-0.25, -0.2) is 17.6 Å². The first-order chi connectivity index (χ1) is 12.8. The van der Waals surface area contributed by atoms with Crippen LogP contribution in [0.4, 0.5) is 17.6 Å². The Labute approximate surface area is 167 Å². The summed E-state index contributed by atoms with van der Waals surface area (Å²) in [6, 6.07) is 0. The van der Waals surface area contributed by atoms with Crippen molar-refractivity contribution in [1.82, 2.24) is 0 Å². The van der Waals surface area contributed by atoms with Crippen molar-refractivity contribution in [1.29, 1.82) is 0 Å². The fourth-order valence-electron chi connectivity index (χ4n) is 5.83. The van der Waals surface area contributed by atoms with Crippen LogP contribution in [0.3, 0.4) is 0 Å². The van der Waals surface area contributed by atoms with Gasteiger partial charge in [0.15, 0.2) is 13.9 Å². The summed E-state index contributed by atoms with van der Waals surface area (Å²) in [6.45, 7) is 9.27. The number of fused-ring (bicyclic) bond motifs is 1. The molecule has 2 saturated carbocycles. The van der Waals surface area contributed by atoms with Gasteiger partial charge in [-0.2, -0.15) is 0 Å². The van der Waals surface area contributed by atoms with Gasteiger partial charge in [0.25, 0.3) is 12.9 Å². The van der Waals surface area contributed by atoms with E-state index in [9.17, 15) is 22.4 Å². The van der Waals surface area contributed by atoms with Crippen molar-refractivity contribution in [2.75, 3.05) is 0 Å². The zero-order valence-electron chi connectivity index (χ0n) is 17.9. The molecular formula is C21H36F4O2Si. The third-order valence-corrected chi connectivity index (χ3v) is 8.08. The zero-order valence-corrected chi connectivity index (χ0v) is 18.9. The summed E-state index contributed by atoms with van der Waals surface area (Å²) in [7, 11) is -2.56. The average molecular weight is 425 g/mol. The molecule has 1 unspecified atom stereocenters. The number of hydrogen-bond acceptors (Lipinski definition) is 2. The van der Waals surface area contributed by atoms with Gasteiger partial charge in [-0.1, -0.05) is 20.3 Å². The van der Waals surface area contributed by atoms with Crippen molar-refractivity contribution in [3.05, 3.63) is 0 Å². The molecule has 2 aliphatic carbocycles. The maximum Gasteiger partial charge on any atom is 0.271 e. The molecule has 7 heteroatoms. The van der Waals surface area contributed by atoms with Crippen LogP contribution in [0, 0.1) is 23.2 Å². The number of carbonyl (C=O) groups is 1. The Morgan fingerprint density at radius 2 is 1.79 bits per heavy atom. The lowest BCUT2D eigenvalue weighted by Gasteiger charge is -2.42. The van der Waals surface area contributed by atoms with E-state index in [0.29, 0.717) is 24.5 Å². The molecule has 0 radical (unpaired) electrons. The lowest BCUT2D eigenvalue weighted by molar-refractivity contribution is -0.169. The Bertz CT molecular complexity index is 541. The van der Waals surface area contributed by atoms with E-state index in [2.05, 4.69) is 13.8 Å². The molecule has 0 saturated heterocycles. The highest BCUT2D eigenvalue weighted by atomic mass is 28.4. The van der Waals surface area contributed by atoms with E-state index in [1.54, 1.807) is 19.6 Å². The number of Topliss-reactive ketones (excluding diaryl/α,β-unsaturated/α-hetero) is 1. The van der Waals surface area contributed by atoms with Crippen LogP contribution in [0.1, 0.15) is 65.2 Å². The van der Waals surface area contributed by atoms with Crippen molar-refractivity contribution in [3.63, 3.8) is 0 Å². The molecule has 4 atom stereocenters. The van der Waals surface area contributed by atoms with Gasteiger partial charge in [-0.05, 0) is 75.4 Å². The first-order valence-corrected chi connectivity index (χ1v) is 14.0. The smallest absolute Gasteiger partial charge is 0.271 e. The molecule has 0 aromatic rings. The van der Waals surface area contributed by atoms with E-state index in [-0.39, 0.29) is 30.1 Å². The predicted octanol–water partition coefficient (Wildman–Crippen LogP) is 6.70. The number of ketones is 1. The van der Waals surface area contributed by atoms with Crippen LogP contribution in [0.15, 0.2) is 0 Å². The summed E-state index contributed by atoms with van der Waals surface area (Å²) in [4.78, 5) is 12.3. The number of alkyl halides is 4. The molecular weight excluding hydrogens is 388 g/mol. The standard InChI is InChI=1S/C21H36F4O2Si/c1-14(15-10-11-16-17(26)9-7-12-20(15,16)2)8-6-13-21(18(22)23,19(24)25)27-28(3,4)5/h14-16,18-19H,6-13H2,1-5H3/t14?,15-,16+,20-/m1/s1. The van der Waals surface area contributed by atoms with Gasteiger partial charge in [0.1, 0.15) is 5.78 Å². The highest BCUT2D eigenvalue weighted by Gasteiger charge is 2.53. The van der Waals surface area contributed by atoms with Gasteiger partial charge in [0, 0.05) is 12.3 Å². The van der Waals surface area contributed by atoms with E-state index in [0.717, 1.165) is 25.7 Å². The molecule has 0 aliphatic heterocycles. The lowest BCUT2D eigenvalue weighted by Crippen LogP contribution is -2.53. The third-order valence-electron chi connectivity index (χ3n) is 7.09. The normalized spacial score (nSPS) is 30.2. The van der Waals surface area contributed by atoms with Gasteiger partial charge >= 0.3 is 0 Å². The van der Waals surface area contributed by atoms with Gasteiger partial charge in [-0.15, -0.1) is 0 Å². The second-order valence-electron chi connectivity index (χ2n) is 10.2. The molecule has 2 fully saturated rings. The van der Waals surface area contributed by atoms with Gasteiger partial charge in [0.05, 0.1) is 0 Å². The molecule has 164 valence electrons. The minimum atomic E-state index is -3.21. The summed E-state index contributed by atoms with van der Waals surface area (Å²) in [6.07, 6.45) is -1.38. The average Bonchev–Trinajstić information content (AvgIpc) is 2.90. The molecule has 0 spiro atoms. The lowest BCUT2D eigenvalue weighted by atomic mass is 9.62. The minimum absolute atomic E-state index is 0.0217. The molecule has 0 aromatic heterocycles. The van der Waals surface area contributed by atoms with Crippen LogP contribution in [0.2, 0.25) is 19.6 Å². The van der Waals surface area contributed by atoms with Crippen molar-refractivity contribution >= 4 is 14.1 Å². The first-order valence-electron chi connectivity index (χ1n) is 10.6. The van der Waals surface area contributed by atoms with E-state index in [1.807, 2.05) is 0 Å². The molecule has 28 heavy (non-hydrogen) atoms. The third kappa shape index (κ3) is 4.82. The zero-order chi connectivity index (χ0) is 21.3. The van der Waals surface area contributed by atoms with Crippen LogP contribution >= 0.6 is 0 Å². The fraction of sp³-hybridized carbons (Fsp3) is 0.952. The Hall–Kier alpha value is -0.433. The molecule has 0 N–H and O–H groups in total. The largest absolute Gasteiger partial charge is 0.402 e. The van der Waals surface area contributed by atoms with Gasteiger partial charge in [-0.3, -0.25) is 4.79 Å². The molecule has 0 bridgehead atoms. The maximum absolute atomic E-state index is 13.7. The van der Waals surface area contributed by atoms with Crippen molar-refractivity contribution < 1.29 is 26.8 Å². The first kappa shape index (κ1) is 23.8. The molecule has 2 rings (SSSR count). The highest BCUT2D eigenvalue weighted by Crippen LogP contribution is 2.57. The summed E-state index contributed by atoms with van der Waals surface area (Å²) >= 11 is 0. The molecule has 0 amide bonds. The SMILES string of the molecule is CC(CCCC(O[Si](C)(C)C)(C(F)F)C(F)F)[C@H]1CC[C@H]2C(=O)CCC[C@]12C. The topological polar surface area (TPSA) is 26.3 Å². The Morgan fingerprint density at radius 1 is 1.18 bits per heavy atom. The summed E-state index contributed by atoms with van der Waals surface area (Å²) < 4.78 is 60.0. The van der Waals surface area contributed by atoms with Gasteiger partial charge in [0.2, 0.25) is 0 Å². The summed E-state index contributed by atoms with van der Waals surface area (Å²) in [5.41, 5.74) is -2.68. The van der Waals surface area contributed by atoms with Gasteiger partial charge < -0.3 is 4.43 Å². The predicted molar refractivity (Wildman–Crippen MR) is 105 cm³/mol. The van der Waals surface area contributed by atoms with E-state index < -0.39 is 26.8 Å². The van der Waals surface area contributed by atoms with Crippen molar-refractivity contribution in [2.45, 2.75) is 103 Å². The number of carbonyl (C=O) groups excluding carboxylic acids is 1. The van der Waals surface area contributed by atoms with Crippen molar-refractivity contribution in [3.8, 4) is 0 Å². The molecule has 2 aliphatic rings. The number of hydrogen-bond donors (Lipinski definition) is 0. The Kier molecular flexibility index (Phi) is 7.44. The van der Waals surface area contributed by atoms with E-state index >= 15 is 0 Å². The van der Waals surface area contributed by atoms with Crippen LogP contribution in [-0.2, 0) is 9.22 Å². The summed E-state index contributed by atoms with van der Waals surface area (Å²) in [5, 5.41) is 0. The molecule has 0 aromatic carbocycles. The maximum atomic E-state index is 13.7. The van der Waals surface area contributed by atoms with E-state index in [4.69, 9.17) is 4.43 Å². The molecule has 0 heterocycles. The second-order valence-corrected chi connectivity index (χ2v) is 14.6. The Balaban J connectivity index is 2.03. The second kappa shape index (κ2) is 8.74. The Morgan fingerprint density at radius 3 is 2.32 bits per heavy atom. The van der Waals surface area contributed by atoms with Crippen LogP contribution in [0.5, 0.6) is 0 Å². The minimum Gasteiger partial charge on any atom is -0.402 e. The molecule has 2 nitrogen and oxygen atoms in total. The van der Waals surface area contributed by atoms with Crippen LogP contribution < -0.4 is 0 Å². The van der Waals surface area contributed by atoms with Crippen LogP contribution in [0.25, 0.3) is 0 Å². The van der Waals surface area contributed by atoms with E-state index in [1.165, 1.54) is 0 Å². The highest BCUT2D eigenvalue weighted by molar-refractivity contribution is 6.69. The van der Waals surface area contributed by atoms with Crippen LogP contribution in [-0.4, -0.2) is 32.6 Å². The fourth-order valence-corrected chi connectivity index (χ4v) is 7.25. The summed E-state index contributed by atoms with van der Waals surface area (Å²) in [5.74, 6) is 1.06. The number of rotatable bonds is 9. The van der Waals surface area contributed by atoms with Crippen molar-refractivity contribution in [2.24, 2.45) is 23.2 Å². The quantitative estimate of drug-likeness (QED) is 0.304.